The average Bonchev–Trinajstić information content (AvgIpc) is 3.17. The normalized spacial score (nSPS) is 12.5. The van der Waals surface area contributed by atoms with Gasteiger partial charge in [0.1, 0.15) is 0 Å². The van der Waals surface area contributed by atoms with Gasteiger partial charge in [-0.1, -0.05) is 66.8 Å². The van der Waals surface area contributed by atoms with Gasteiger partial charge in [0.25, 0.3) is 15.9 Å². The van der Waals surface area contributed by atoms with Crippen LogP contribution in [0.25, 0.3) is 0 Å². The summed E-state index contributed by atoms with van der Waals surface area (Å²) in [6.45, 7) is 2.17. The molecule has 0 aliphatic rings. The van der Waals surface area contributed by atoms with Crippen molar-refractivity contribution in [2.24, 2.45) is 0 Å². The quantitative estimate of drug-likeness (QED) is 0.592. The Morgan fingerprint density at radius 2 is 1.67 bits per heavy atom. The first-order chi connectivity index (χ1) is 13.0. The van der Waals surface area contributed by atoms with Crippen LogP contribution in [-0.2, 0) is 10.0 Å². The van der Waals surface area contributed by atoms with Crippen LogP contribution in [0.1, 0.15) is 28.8 Å². The Kier molecular flexibility index (Phi) is 5.94. The fraction of sp³-hybridized carbons (Fsp3) is 0.167. The molecule has 0 radical (unpaired) electrons. The van der Waals surface area contributed by atoms with E-state index in [1.807, 2.05) is 37.3 Å². The van der Waals surface area contributed by atoms with E-state index in [1.54, 1.807) is 30.3 Å². The number of aromatic nitrogens is 2. The molecule has 27 heavy (non-hydrogen) atoms. The molecule has 0 spiro atoms. The molecule has 0 aliphatic carbocycles. The van der Waals surface area contributed by atoms with Crippen molar-refractivity contribution in [2.75, 3.05) is 11.9 Å². The second-order valence-electron chi connectivity index (χ2n) is 5.86. The molecular weight excluding hydrogens is 384 g/mol. The molecule has 1 heterocycles. The molecule has 7 nitrogen and oxygen atoms in total. The topological polar surface area (TPSA) is 101 Å². The summed E-state index contributed by atoms with van der Waals surface area (Å²) >= 11 is 0.806. The lowest BCUT2D eigenvalue weighted by atomic mass is 10.0. The van der Waals surface area contributed by atoms with Crippen LogP contribution in [0.5, 0.6) is 0 Å². The summed E-state index contributed by atoms with van der Waals surface area (Å²) < 4.78 is 27.2. The van der Waals surface area contributed by atoms with Gasteiger partial charge in [0.2, 0.25) is 9.47 Å². The number of sulfonamides is 1. The molecule has 9 heteroatoms. The zero-order chi connectivity index (χ0) is 19.3. The van der Waals surface area contributed by atoms with Gasteiger partial charge in [0, 0.05) is 12.1 Å². The molecule has 3 rings (SSSR count). The third-order valence-electron chi connectivity index (χ3n) is 3.84. The molecule has 1 unspecified atom stereocenters. The van der Waals surface area contributed by atoms with Crippen LogP contribution in [0, 0.1) is 0 Å². The van der Waals surface area contributed by atoms with Gasteiger partial charge < -0.3 is 0 Å². The van der Waals surface area contributed by atoms with Crippen molar-refractivity contribution in [3.05, 3.63) is 71.8 Å². The zero-order valence-electron chi connectivity index (χ0n) is 14.5. The van der Waals surface area contributed by atoms with Crippen LogP contribution in [0.3, 0.4) is 0 Å². The third-order valence-corrected chi connectivity index (χ3v) is 6.47. The number of anilines is 1. The standard InChI is InChI=1S/C18H18N4O3S2/c1-13(14-8-4-2-5-9-14)12-19-27(24,25)18-22-21-17(26-18)20-16(23)15-10-6-3-7-11-15/h2-11,13,19H,12H2,1H3,(H,20,21,23). The first-order valence-electron chi connectivity index (χ1n) is 8.20. The molecular formula is C18H18N4O3S2. The smallest absolute Gasteiger partial charge is 0.269 e. The lowest BCUT2D eigenvalue weighted by Gasteiger charge is -2.12. The van der Waals surface area contributed by atoms with Crippen LogP contribution in [0.15, 0.2) is 65.0 Å². The van der Waals surface area contributed by atoms with Gasteiger partial charge in [-0.25, -0.2) is 13.1 Å². The highest BCUT2D eigenvalue weighted by Crippen LogP contribution is 2.21. The molecule has 1 aromatic heterocycles. The minimum Gasteiger partial charge on any atom is -0.296 e. The van der Waals surface area contributed by atoms with Crippen molar-refractivity contribution in [2.45, 2.75) is 17.2 Å². The predicted molar refractivity (Wildman–Crippen MR) is 104 cm³/mol. The third kappa shape index (κ3) is 4.97. The van der Waals surface area contributed by atoms with Crippen LogP contribution >= 0.6 is 11.3 Å². The fourth-order valence-electron chi connectivity index (χ4n) is 2.32. The summed E-state index contributed by atoms with van der Waals surface area (Å²) in [6.07, 6.45) is 0. The van der Waals surface area contributed by atoms with Gasteiger partial charge in [0.05, 0.1) is 0 Å². The molecule has 0 saturated heterocycles. The van der Waals surface area contributed by atoms with Gasteiger partial charge >= 0.3 is 0 Å². The highest BCUT2D eigenvalue weighted by Gasteiger charge is 2.22. The molecule has 1 atom stereocenters. The summed E-state index contributed by atoms with van der Waals surface area (Å²) in [6, 6.07) is 18.2. The molecule has 2 N–H and O–H groups in total. The van der Waals surface area contributed by atoms with E-state index in [0.29, 0.717) is 5.56 Å². The Morgan fingerprint density at radius 1 is 1.04 bits per heavy atom. The van der Waals surface area contributed by atoms with E-state index in [4.69, 9.17) is 0 Å². The van der Waals surface area contributed by atoms with Crippen molar-refractivity contribution in [3.63, 3.8) is 0 Å². The zero-order valence-corrected chi connectivity index (χ0v) is 16.1. The van der Waals surface area contributed by atoms with Crippen LogP contribution < -0.4 is 10.0 Å². The monoisotopic (exact) mass is 402 g/mol. The van der Waals surface area contributed by atoms with E-state index in [-0.39, 0.29) is 27.8 Å². The van der Waals surface area contributed by atoms with Crippen LogP contribution in [-0.4, -0.2) is 31.1 Å². The number of rotatable bonds is 7. The van der Waals surface area contributed by atoms with E-state index in [0.717, 1.165) is 16.9 Å². The van der Waals surface area contributed by atoms with Gasteiger partial charge in [-0.2, -0.15) is 0 Å². The summed E-state index contributed by atoms with van der Waals surface area (Å²) in [5, 5.41) is 10.1. The highest BCUT2D eigenvalue weighted by molar-refractivity contribution is 7.91. The van der Waals surface area contributed by atoms with E-state index in [1.165, 1.54) is 0 Å². The molecule has 0 bridgehead atoms. The number of nitrogens with zero attached hydrogens (tertiary/aromatic N) is 2. The summed E-state index contributed by atoms with van der Waals surface area (Å²) in [5.41, 5.74) is 1.49. The second kappa shape index (κ2) is 8.38. The molecule has 3 aromatic rings. The number of carbonyl (C=O) groups excluding carboxylic acids is 1. The molecule has 0 fully saturated rings. The van der Waals surface area contributed by atoms with Gasteiger partial charge in [0.15, 0.2) is 0 Å². The SMILES string of the molecule is CC(CNS(=O)(=O)c1nnc(NC(=O)c2ccccc2)s1)c1ccccc1. The maximum atomic E-state index is 12.4. The number of carbonyl (C=O) groups is 1. The van der Waals surface area contributed by atoms with E-state index in [2.05, 4.69) is 20.2 Å². The summed E-state index contributed by atoms with van der Waals surface area (Å²) in [5.74, 6) is -0.368. The number of amides is 1. The second-order valence-corrected chi connectivity index (χ2v) is 8.78. The van der Waals surface area contributed by atoms with Crippen molar-refractivity contribution in [1.82, 2.24) is 14.9 Å². The number of nitrogens with one attached hydrogen (secondary N) is 2. The first-order valence-corrected chi connectivity index (χ1v) is 10.5. The first kappa shape index (κ1) is 19.2. The Labute approximate surface area is 161 Å². The maximum Gasteiger partial charge on any atom is 0.269 e. The van der Waals surface area contributed by atoms with Crippen molar-refractivity contribution < 1.29 is 13.2 Å². The van der Waals surface area contributed by atoms with Crippen molar-refractivity contribution in [3.8, 4) is 0 Å². The van der Waals surface area contributed by atoms with Gasteiger partial charge in [-0.05, 0) is 23.6 Å². The maximum absolute atomic E-state index is 12.4. The molecule has 0 saturated carbocycles. The number of benzene rings is 2. The number of hydrogen-bond donors (Lipinski definition) is 2. The van der Waals surface area contributed by atoms with E-state index < -0.39 is 10.0 Å². The minimum absolute atomic E-state index is 0.00569. The van der Waals surface area contributed by atoms with Gasteiger partial charge in [-0.15, -0.1) is 10.2 Å². The largest absolute Gasteiger partial charge is 0.296 e. The minimum atomic E-state index is -3.80. The Bertz CT molecular complexity index is 1010. The van der Waals surface area contributed by atoms with Crippen LogP contribution in [0.4, 0.5) is 5.13 Å². The Hall–Kier alpha value is -2.62. The van der Waals surface area contributed by atoms with E-state index >= 15 is 0 Å². The highest BCUT2D eigenvalue weighted by atomic mass is 32.2. The average molecular weight is 403 g/mol. The Morgan fingerprint density at radius 3 is 2.33 bits per heavy atom. The fourth-order valence-corrected chi connectivity index (χ4v) is 4.39. The van der Waals surface area contributed by atoms with Gasteiger partial charge in [-0.3, -0.25) is 10.1 Å². The number of hydrogen-bond acceptors (Lipinski definition) is 6. The molecule has 1 amide bonds. The lowest BCUT2D eigenvalue weighted by molar-refractivity contribution is 0.102. The van der Waals surface area contributed by atoms with Crippen molar-refractivity contribution in [1.29, 1.82) is 0 Å². The molecule has 2 aromatic carbocycles. The predicted octanol–water partition coefficient (Wildman–Crippen LogP) is 2.87. The Balaban J connectivity index is 1.63. The summed E-state index contributed by atoms with van der Waals surface area (Å²) in [7, 11) is -3.80. The molecule has 140 valence electrons. The molecule has 0 aliphatic heterocycles. The lowest BCUT2D eigenvalue weighted by Crippen LogP contribution is -2.27. The van der Waals surface area contributed by atoms with Crippen molar-refractivity contribution >= 4 is 32.4 Å². The van der Waals surface area contributed by atoms with Crippen LogP contribution in [0.2, 0.25) is 0 Å². The summed E-state index contributed by atoms with van der Waals surface area (Å²) in [4.78, 5) is 12.1. The van der Waals surface area contributed by atoms with E-state index in [9.17, 15) is 13.2 Å².